The van der Waals surface area contributed by atoms with Crippen LogP contribution in [0.15, 0.2) is 35.5 Å². The van der Waals surface area contributed by atoms with Crippen LogP contribution in [-0.4, -0.2) is 21.0 Å². The van der Waals surface area contributed by atoms with Crippen LogP contribution in [0.25, 0.3) is 0 Å². The zero-order valence-electron chi connectivity index (χ0n) is 9.29. The molecule has 0 atom stereocenters. The average Bonchev–Trinajstić information content (AvgIpc) is 2.65. The Hall–Kier alpha value is -2.39. The Morgan fingerprint density at radius 3 is 2.76 bits per heavy atom. The van der Waals surface area contributed by atoms with Crippen molar-refractivity contribution in [1.82, 2.24) is 9.78 Å². The Labute approximate surface area is 98.0 Å². The molecule has 5 heteroatoms. The molecule has 0 spiro atoms. The first-order valence-corrected chi connectivity index (χ1v) is 5.07. The first kappa shape index (κ1) is 11.1. The largest absolute Gasteiger partial charge is 0.508 e. The second-order valence-electron chi connectivity index (χ2n) is 3.65. The molecule has 0 amide bonds. The summed E-state index contributed by atoms with van der Waals surface area (Å²) in [4.78, 5) is 13.9. The standard InChI is InChI=1S/C12H11N3O2/c1-15-12(11(7-14-15)13-8-16)6-9-2-4-10(17)5-3-9/h2-5,7,17H,6H2,1H3. The lowest BCUT2D eigenvalue weighted by Gasteiger charge is -2.03. The molecule has 1 N–H and O–H groups in total. The summed E-state index contributed by atoms with van der Waals surface area (Å²) in [5.74, 6) is 0.227. The number of aryl methyl sites for hydroxylation is 1. The van der Waals surface area contributed by atoms with Crippen LogP contribution in [0.5, 0.6) is 5.75 Å². The van der Waals surface area contributed by atoms with Crippen LogP contribution in [0, 0.1) is 0 Å². The van der Waals surface area contributed by atoms with Gasteiger partial charge < -0.3 is 5.11 Å². The van der Waals surface area contributed by atoms with Crippen molar-refractivity contribution in [1.29, 1.82) is 0 Å². The third kappa shape index (κ3) is 2.41. The smallest absolute Gasteiger partial charge is 0.240 e. The number of aromatic nitrogens is 2. The van der Waals surface area contributed by atoms with E-state index in [1.807, 2.05) is 12.1 Å². The van der Waals surface area contributed by atoms with Gasteiger partial charge in [0.25, 0.3) is 0 Å². The SMILES string of the molecule is Cn1ncc(N=C=O)c1Cc1ccc(O)cc1. The van der Waals surface area contributed by atoms with Gasteiger partial charge in [-0.3, -0.25) is 4.68 Å². The van der Waals surface area contributed by atoms with Gasteiger partial charge in [-0.1, -0.05) is 12.1 Å². The molecule has 0 aliphatic heterocycles. The fourth-order valence-electron chi connectivity index (χ4n) is 1.61. The van der Waals surface area contributed by atoms with E-state index in [1.165, 1.54) is 12.3 Å². The molecule has 0 fully saturated rings. The Morgan fingerprint density at radius 2 is 2.12 bits per heavy atom. The van der Waals surface area contributed by atoms with Gasteiger partial charge in [-0.05, 0) is 17.7 Å². The zero-order valence-corrected chi connectivity index (χ0v) is 9.29. The van der Waals surface area contributed by atoms with Crippen molar-refractivity contribution in [3.63, 3.8) is 0 Å². The van der Waals surface area contributed by atoms with Gasteiger partial charge in [0.15, 0.2) is 0 Å². The third-order valence-corrected chi connectivity index (χ3v) is 2.51. The number of rotatable bonds is 3. The Morgan fingerprint density at radius 1 is 1.41 bits per heavy atom. The highest BCUT2D eigenvalue weighted by atomic mass is 16.3. The van der Waals surface area contributed by atoms with E-state index < -0.39 is 0 Å². The highest BCUT2D eigenvalue weighted by Gasteiger charge is 2.08. The zero-order chi connectivity index (χ0) is 12.3. The van der Waals surface area contributed by atoms with E-state index in [-0.39, 0.29) is 5.75 Å². The van der Waals surface area contributed by atoms with Crippen LogP contribution < -0.4 is 0 Å². The van der Waals surface area contributed by atoms with Crippen molar-refractivity contribution in [2.24, 2.45) is 12.0 Å². The molecule has 0 radical (unpaired) electrons. The molecular formula is C12H11N3O2. The Balaban J connectivity index is 2.32. The number of nitrogens with zero attached hydrogens (tertiary/aromatic N) is 3. The van der Waals surface area contributed by atoms with Gasteiger partial charge in [0.2, 0.25) is 6.08 Å². The van der Waals surface area contributed by atoms with Gasteiger partial charge >= 0.3 is 0 Å². The van der Waals surface area contributed by atoms with Crippen molar-refractivity contribution >= 4 is 11.8 Å². The molecule has 0 aliphatic rings. The lowest BCUT2D eigenvalue weighted by molar-refractivity contribution is 0.475. The lowest BCUT2D eigenvalue weighted by Crippen LogP contribution is -1.99. The van der Waals surface area contributed by atoms with Gasteiger partial charge in [0.05, 0.1) is 11.9 Å². The number of aromatic hydroxyl groups is 1. The minimum absolute atomic E-state index is 0.227. The molecule has 0 unspecified atom stereocenters. The van der Waals surface area contributed by atoms with Crippen molar-refractivity contribution in [2.75, 3.05) is 0 Å². The van der Waals surface area contributed by atoms with Gasteiger partial charge in [-0.25, -0.2) is 4.79 Å². The first-order chi connectivity index (χ1) is 8.20. The molecule has 1 aromatic carbocycles. The van der Waals surface area contributed by atoms with E-state index in [9.17, 15) is 9.90 Å². The maximum Gasteiger partial charge on any atom is 0.240 e. The first-order valence-electron chi connectivity index (χ1n) is 5.07. The van der Waals surface area contributed by atoms with Crippen molar-refractivity contribution in [3.8, 4) is 5.75 Å². The summed E-state index contributed by atoms with van der Waals surface area (Å²) in [7, 11) is 1.79. The predicted octanol–water partition coefficient (Wildman–Crippen LogP) is 1.68. The number of hydrogen-bond donors (Lipinski definition) is 1. The molecule has 5 nitrogen and oxygen atoms in total. The molecule has 0 saturated carbocycles. The van der Waals surface area contributed by atoms with Gasteiger partial charge in [0.1, 0.15) is 11.4 Å². The molecule has 86 valence electrons. The number of benzene rings is 1. The molecular weight excluding hydrogens is 218 g/mol. The number of phenolic OH excluding ortho intramolecular Hbond substituents is 1. The summed E-state index contributed by atoms with van der Waals surface area (Å²) in [6, 6.07) is 6.87. The monoisotopic (exact) mass is 229 g/mol. The predicted molar refractivity (Wildman–Crippen MR) is 61.9 cm³/mol. The lowest BCUT2D eigenvalue weighted by atomic mass is 10.1. The van der Waals surface area contributed by atoms with Crippen molar-refractivity contribution < 1.29 is 9.90 Å². The third-order valence-electron chi connectivity index (χ3n) is 2.51. The summed E-state index contributed by atoms with van der Waals surface area (Å²) in [6.45, 7) is 0. The van der Waals surface area contributed by atoms with E-state index in [2.05, 4.69) is 10.1 Å². The maximum absolute atomic E-state index is 10.3. The molecule has 1 aromatic heterocycles. The molecule has 2 aromatic rings. The van der Waals surface area contributed by atoms with Crippen molar-refractivity contribution in [3.05, 3.63) is 41.7 Å². The highest BCUT2D eigenvalue weighted by molar-refractivity contribution is 5.51. The van der Waals surface area contributed by atoms with Crippen LogP contribution in [-0.2, 0) is 18.3 Å². The maximum atomic E-state index is 10.3. The normalized spacial score (nSPS) is 9.94. The molecule has 0 bridgehead atoms. The van der Waals surface area contributed by atoms with Crippen LogP contribution in [0.1, 0.15) is 11.3 Å². The highest BCUT2D eigenvalue weighted by Crippen LogP contribution is 2.21. The number of isocyanates is 1. The van der Waals surface area contributed by atoms with Gasteiger partial charge in [-0.2, -0.15) is 10.1 Å². The summed E-state index contributed by atoms with van der Waals surface area (Å²) >= 11 is 0. The summed E-state index contributed by atoms with van der Waals surface area (Å²) < 4.78 is 1.67. The van der Waals surface area contributed by atoms with E-state index in [1.54, 1.807) is 23.9 Å². The fourth-order valence-corrected chi connectivity index (χ4v) is 1.61. The second-order valence-corrected chi connectivity index (χ2v) is 3.65. The quantitative estimate of drug-likeness (QED) is 0.643. The van der Waals surface area contributed by atoms with Crippen molar-refractivity contribution in [2.45, 2.75) is 6.42 Å². The Bertz CT molecular complexity index is 566. The Kier molecular flexibility index (Phi) is 3.03. The van der Waals surface area contributed by atoms with Gasteiger partial charge in [0, 0.05) is 13.5 Å². The number of aliphatic imine (C=N–C) groups is 1. The topological polar surface area (TPSA) is 67.5 Å². The number of hydrogen-bond acceptors (Lipinski definition) is 4. The van der Waals surface area contributed by atoms with E-state index in [0.717, 1.165) is 11.3 Å². The molecule has 0 saturated heterocycles. The van der Waals surface area contributed by atoms with E-state index in [4.69, 9.17) is 0 Å². The molecule has 17 heavy (non-hydrogen) atoms. The number of phenols is 1. The van der Waals surface area contributed by atoms with Crippen LogP contribution in [0.2, 0.25) is 0 Å². The fraction of sp³-hybridized carbons (Fsp3) is 0.167. The van der Waals surface area contributed by atoms with Crippen LogP contribution in [0.4, 0.5) is 5.69 Å². The summed E-state index contributed by atoms with van der Waals surface area (Å²) in [5.41, 5.74) is 2.36. The summed E-state index contributed by atoms with van der Waals surface area (Å²) in [6.07, 6.45) is 3.64. The van der Waals surface area contributed by atoms with E-state index >= 15 is 0 Å². The molecule has 2 rings (SSSR count). The molecule has 0 aliphatic carbocycles. The summed E-state index contributed by atoms with van der Waals surface area (Å²) in [5, 5.41) is 13.2. The molecule has 1 heterocycles. The minimum atomic E-state index is 0.227. The van der Waals surface area contributed by atoms with Crippen LogP contribution >= 0.6 is 0 Å². The van der Waals surface area contributed by atoms with Gasteiger partial charge in [-0.15, -0.1) is 0 Å². The second kappa shape index (κ2) is 4.63. The number of carbonyl (C=O) groups excluding carboxylic acids is 1. The van der Waals surface area contributed by atoms with Crippen LogP contribution in [0.3, 0.4) is 0 Å². The minimum Gasteiger partial charge on any atom is -0.508 e. The average molecular weight is 229 g/mol. The van der Waals surface area contributed by atoms with E-state index in [0.29, 0.717) is 12.1 Å².